The van der Waals surface area contributed by atoms with Crippen molar-refractivity contribution in [1.82, 2.24) is 19.7 Å². The van der Waals surface area contributed by atoms with Gasteiger partial charge < -0.3 is 9.64 Å². The van der Waals surface area contributed by atoms with Gasteiger partial charge in [0.05, 0.1) is 30.0 Å². The smallest absolute Gasteiger partial charge is 0.252 e. The van der Waals surface area contributed by atoms with Crippen molar-refractivity contribution in [2.45, 2.75) is 20.3 Å². The van der Waals surface area contributed by atoms with Crippen LogP contribution in [0, 0.1) is 30.9 Å². The molecule has 0 saturated carbocycles. The van der Waals surface area contributed by atoms with Crippen LogP contribution in [-0.4, -0.2) is 46.1 Å². The number of halogens is 2. The Morgan fingerprint density at radius 2 is 1.83 bits per heavy atom. The van der Waals surface area contributed by atoms with Crippen LogP contribution in [0.3, 0.4) is 0 Å². The highest BCUT2D eigenvalue weighted by Gasteiger charge is 2.49. The summed E-state index contributed by atoms with van der Waals surface area (Å²) >= 11 is 0. The van der Waals surface area contributed by atoms with E-state index in [1.54, 1.807) is 10.7 Å². The molecule has 2 aliphatic heterocycles. The number of hydrogen-bond donors (Lipinski definition) is 0. The van der Waals surface area contributed by atoms with E-state index in [4.69, 9.17) is 9.72 Å². The molecule has 3 aromatic rings. The molecule has 0 radical (unpaired) electrons. The number of nitrogens with zero attached hydrogens (tertiary/aromatic N) is 5. The van der Waals surface area contributed by atoms with Crippen molar-refractivity contribution in [2.75, 3.05) is 31.2 Å². The van der Waals surface area contributed by atoms with Gasteiger partial charge in [0.2, 0.25) is 0 Å². The molecule has 2 aliphatic rings. The summed E-state index contributed by atoms with van der Waals surface area (Å²) in [5, 5.41) is 4.50. The van der Waals surface area contributed by atoms with Crippen molar-refractivity contribution in [2.24, 2.45) is 5.41 Å². The maximum Gasteiger partial charge on any atom is 0.252 e. The lowest BCUT2D eigenvalue weighted by Crippen LogP contribution is -2.66. The van der Waals surface area contributed by atoms with Gasteiger partial charge in [0.25, 0.3) is 5.95 Å². The summed E-state index contributed by atoms with van der Waals surface area (Å²) in [6, 6.07) is 7.82. The molecule has 1 aromatic carbocycles. The molecular weight excluding hydrogens is 376 g/mol. The second-order valence-corrected chi connectivity index (χ2v) is 8.13. The van der Waals surface area contributed by atoms with Gasteiger partial charge in [-0.05, 0) is 37.6 Å². The van der Waals surface area contributed by atoms with Gasteiger partial charge in [-0.3, -0.25) is 0 Å². The lowest BCUT2D eigenvalue weighted by Gasteiger charge is -2.55. The van der Waals surface area contributed by atoms with Gasteiger partial charge in [-0.15, -0.1) is 0 Å². The first-order valence-electron chi connectivity index (χ1n) is 9.59. The maximum atomic E-state index is 13.6. The van der Waals surface area contributed by atoms with Gasteiger partial charge in [-0.25, -0.2) is 18.4 Å². The Balaban J connectivity index is 1.50. The van der Waals surface area contributed by atoms with Crippen molar-refractivity contribution in [3.05, 3.63) is 64.6 Å². The number of ether oxygens (including phenoxy) is 1. The van der Waals surface area contributed by atoms with E-state index >= 15 is 0 Å². The lowest BCUT2D eigenvalue weighted by molar-refractivity contribution is -0.127. The Kier molecular flexibility index (Phi) is 4.13. The van der Waals surface area contributed by atoms with E-state index in [1.807, 2.05) is 26.0 Å². The van der Waals surface area contributed by atoms with Crippen LogP contribution in [0.1, 0.15) is 22.6 Å². The van der Waals surface area contributed by atoms with Crippen LogP contribution in [0.5, 0.6) is 0 Å². The van der Waals surface area contributed by atoms with Crippen LogP contribution in [0.15, 0.2) is 30.3 Å². The number of hydrogen-bond acceptors (Lipinski definition) is 5. The Morgan fingerprint density at radius 3 is 2.45 bits per heavy atom. The van der Waals surface area contributed by atoms with Gasteiger partial charge in [-0.1, -0.05) is 6.07 Å². The molecule has 0 N–H and O–H groups in total. The predicted molar refractivity (Wildman–Crippen MR) is 103 cm³/mol. The summed E-state index contributed by atoms with van der Waals surface area (Å²) in [4.78, 5) is 11.6. The predicted octanol–water partition coefficient (Wildman–Crippen LogP) is 2.98. The zero-order valence-corrected chi connectivity index (χ0v) is 16.3. The van der Waals surface area contributed by atoms with Crippen molar-refractivity contribution in [3.63, 3.8) is 0 Å². The molecule has 4 heterocycles. The van der Waals surface area contributed by atoms with E-state index in [9.17, 15) is 8.78 Å². The third-order valence-electron chi connectivity index (χ3n) is 5.52. The molecule has 150 valence electrons. The van der Waals surface area contributed by atoms with Gasteiger partial charge in [0.15, 0.2) is 11.6 Å². The van der Waals surface area contributed by atoms with Crippen molar-refractivity contribution in [3.8, 4) is 5.95 Å². The zero-order chi connectivity index (χ0) is 20.2. The van der Waals surface area contributed by atoms with Crippen LogP contribution in [-0.2, 0) is 11.2 Å². The highest BCUT2D eigenvalue weighted by atomic mass is 19.2. The first-order chi connectivity index (χ1) is 13.9. The highest BCUT2D eigenvalue weighted by Crippen LogP contribution is 2.39. The molecule has 2 fully saturated rings. The Morgan fingerprint density at radius 1 is 1.03 bits per heavy atom. The summed E-state index contributed by atoms with van der Waals surface area (Å²) in [5.41, 5.74) is 3.46. The van der Waals surface area contributed by atoms with Gasteiger partial charge in [-0.2, -0.15) is 10.1 Å². The Bertz CT molecular complexity index is 1080. The molecule has 6 nitrogen and oxygen atoms in total. The summed E-state index contributed by atoms with van der Waals surface area (Å²) < 4.78 is 34.0. The molecule has 0 atom stereocenters. The van der Waals surface area contributed by atoms with Crippen LogP contribution in [0.2, 0.25) is 0 Å². The number of anilines is 1. The second kappa shape index (κ2) is 6.59. The molecule has 0 aliphatic carbocycles. The molecule has 0 bridgehead atoms. The third kappa shape index (κ3) is 3.27. The topological polar surface area (TPSA) is 56.1 Å². The molecule has 0 unspecified atom stereocenters. The fourth-order valence-electron chi connectivity index (χ4n) is 4.01. The van der Waals surface area contributed by atoms with E-state index in [1.165, 1.54) is 6.07 Å². The molecule has 1 spiro atoms. The Labute approximate surface area is 167 Å². The minimum Gasteiger partial charge on any atom is -0.380 e. The van der Waals surface area contributed by atoms with Crippen LogP contribution in [0.25, 0.3) is 5.95 Å². The quantitative estimate of drug-likeness (QED) is 0.678. The number of rotatable bonds is 4. The van der Waals surface area contributed by atoms with Gasteiger partial charge in [0, 0.05) is 31.3 Å². The molecule has 2 saturated heterocycles. The summed E-state index contributed by atoms with van der Waals surface area (Å²) in [7, 11) is 0. The fraction of sp³-hybridized carbons (Fsp3) is 0.381. The zero-order valence-electron chi connectivity index (χ0n) is 16.3. The van der Waals surface area contributed by atoms with Crippen molar-refractivity contribution >= 4 is 5.82 Å². The highest BCUT2D eigenvalue weighted by molar-refractivity contribution is 5.47. The van der Waals surface area contributed by atoms with E-state index < -0.39 is 11.6 Å². The minimum absolute atomic E-state index is 0.254. The Hall–Kier alpha value is -2.87. The molecule has 2 aromatic heterocycles. The van der Waals surface area contributed by atoms with E-state index in [-0.39, 0.29) is 5.41 Å². The summed E-state index contributed by atoms with van der Waals surface area (Å²) in [5.74, 6) is -0.409. The number of benzene rings is 1. The van der Waals surface area contributed by atoms with Gasteiger partial charge in [0.1, 0.15) is 5.82 Å². The minimum atomic E-state index is -0.856. The monoisotopic (exact) mass is 397 g/mol. The van der Waals surface area contributed by atoms with Crippen LogP contribution < -0.4 is 4.90 Å². The first-order valence-corrected chi connectivity index (χ1v) is 9.59. The largest absolute Gasteiger partial charge is 0.380 e. The normalized spacial score (nSPS) is 17.3. The lowest BCUT2D eigenvalue weighted by atomic mass is 9.78. The number of aryl methyl sites for hydroxylation is 2. The van der Waals surface area contributed by atoms with E-state index in [0.717, 1.165) is 55.3 Å². The summed E-state index contributed by atoms with van der Waals surface area (Å²) in [6.07, 6.45) is 0.376. The van der Waals surface area contributed by atoms with Crippen molar-refractivity contribution in [1.29, 1.82) is 0 Å². The van der Waals surface area contributed by atoms with E-state index in [2.05, 4.69) is 15.0 Å². The molecule has 5 rings (SSSR count). The first kappa shape index (κ1) is 18.2. The maximum absolute atomic E-state index is 13.6. The van der Waals surface area contributed by atoms with E-state index in [0.29, 0.717) is 17.9 Å². The standard InChI is InChI=1S/C21H21F2N5O/c1-13-5-14(2)28(26-13)20-24-16(6-15-3-4-17(22)18(23)7-15)8-19(25-20)27-9-21(10-27)11-29-12-21/h3-5,7-8H,6,9-12H2,1-2H3. The average molecular weight is 397 g/mol. The fourth-order valence-corrected chi connectivity index (χ4v) is 4.01. The third-order valence-corrected chi connectivity index (χ3v) is 5.52. The van der Waals surface area contributed by atoms with Crippen molar-refractivity contribution < 1.29 is 13.5 Å². The number of aromatic nitrogens is 4. The average Bonchev–Trinajstić information content (AvgIpc) is 2.94. The second-order valence-electron chi connectivity index (χ2n) is 8.13. The molecule has 0 amide bonds. The summed E-state index contributed by atoms with van der Waals surface area (Å²) in [6.45, 7) is 7.25. The van der Waals surface area contributed by atoms with Gasteiger partial charge >= 0.3 is 0 Å². The molecule has 29 heavy (non-hydrogen) atoms. The van der Waals surface area contributed by atoms with Crippen LogP contribution in [0.4, 0.5) is 14.6 Å². The molecule has 8 heteroatoms. The SMILES string of the molecule is Cc1cc(C)n(-c2nc(Cc3ccc(F)c(F)c3)cc(N3CC4(COC4)C3)n2)n1. The molecular formula is C21H21F2N5O. The van der Waals surface area contributed by atoms with Crippen LogP contribution >= 0.6 is 0 Å².